The number of likely N-dealkylation sites (N-methyl/N-ethyl adjacent to an activating group) is 1. The molecule has 2 aromatic rings. The molecule has 1 aliphatic rings. The molecule has 0 saturated carbocycles. The zero-order chi connectivity index (χ0) is 20.5. The molecule has 6 heteroatoms. The van der Waals surface area contributed by atoms with E-state index in [1.165, 1.54) is 0 Å². The van der Waals surface area contributed by atoms with Gasteiger partial charge in [-0.15, -0.1) is 0 Å². The van der Waals surface area contributed by atoms with Gasteiger partial charge in [0.05, 0.1) is 11.2 Å². The molecule has 2 N–H and O–H groups in total. The summed E-state index contributed by atoms with van der Waals surface area (Å²) in [6.45, 7) is 9.81. The summed E-state index contributed by atoms with van der Waals surface area (Å²) in [5.74, 6) is 0.456. The van der Waals surface area contributed by atoms with Crippen molar-refractivity contribution in [1.82, 2.24) is 5.32 Å². The van der Waals surface area contributed by atoms with Gasteiger partial charge in [0.1, 0.15) is 5.75 Å². The SMILES string of the molecule is C=C(C)c1cccc(C(C)(C)NC(=O)Nc2ccc3c(c2)OCC(=O)N3C)c1. The number of amides is 3. The number of carbonyl (C=O) groups is 2. The molecule has 0 unspecified atom stereocenters. The van der Waals surface area contributed by atoms with E-state index in [4.69, 9.17) is 4.74 Å². The number of benzene rings is 2. The maximum absolute atomic E-state index is 12.6. The Bertz CT molecular complexity index is 950. The number of fused-ring (bicyclic) bond motifs is 1. The third-order valence-electron chi connectivity index (χ3n) is 4.81. The van der Waals surface area contributed by atoms with E-state index in [1.54, 1.807) is 30.1 Å². The van der Waals surface area contributed by atoms with Crippen LogP contribution >= 0.6 is 0 Å². The quantitative estimate of drug-likeness (QED) is 0.839. The van der Waals surface area contributed by atoms with Crippen molar-refractivity contribution in [2.24, 2.45) is 0 Å². The van der Waals surface area contributed by atoms with Crippen LogP contribution in [-0.2, 0) is 10.3 Å². The molecule has 3 amide bonds. The molecule has 0 bridgehead atoms. The fourth-order valence-corrected chi connectivity index (χ4v) is 3.05. The Morgan fingerprint density at radius 2 is 1.96 bits per heavy atom. The average molecular weight is 379 g/mol. The van der Waals surface area contributed by atoms with Crippen molar-refractivity contribution >= 4 is 28.9 Å². The minimum Gasteiger partial charge on any atom is -0.481 e. The van der Waals surface area contributed by atoms with Crippen molar-refractivity contribution in [2.75, 3.05) is 23.9 Å². The number of nitrogens with zero attached hydrogens (tertiary/aromatic N) is 1. The minimum atomic E-state index is -0.576. The summed E-state index contributed by atoms with van der Waals surface area (Å²) in [4.78, 5) is 25.8. The molecule has 0 fully saturated rings. The van der Waals surface area contributed by atoms with Gasteiger partial charge in [0.15, 0.2) is 6.61 Å². The first-order valence-corrected chi connectivity index (χ1v) is 9.06. The summed E-state index contributed by atoms with van der Waals surface area (Å²) >= 11 is 0. The molecule has 146 valence electrons. The first kappa shape index (κ1) is 19.5. The molecule has 1 heterocycles. The summed E-state index contributed by atoms with van der Waals surface area (Å²) in [7, 11) is 1.70. The molecule has 2 aromatic carbocycles. The van der Waals surface area contributed by atoms with Gasteiger partial charge in [0, 0.05) is 18.8 Å². The van der Waals surface area contributed by atoms with Crippen LogP contribution in [0.15, 0.2) is 49.0 Å². The molecule has 0 radical (unpaired) electrons. The molecular weight excluding hydrogens is 354 g/mol. The van der Waals surface area contributed by atoms with Crippen LogP contribution in [0.5, 0.6) is 5.75 Å². The van der Waals surface area contributed by atoms with Gasteiger partial charge in [-0.3, -0.25) is 4.79 Å². The van der Waals surface area contributed by atoms with E-state index in [-0.39, 0.29) is 18.5 Å². The van der Waals surface area contributed by atoms with Crippen LogP contribution in [0.2, 0.25) is 0 Å². The van der Waals surface area contributed by atoms with Crippen molar-refractivity contribution in [3.8, 4) is 5.75 Å². The third kappa shape index (κ3) is 4.01. The van der Waals surface area contributed by atoms with Crippen molar-refractivity contribution in [3.05, 3.63) is 60.2 Å². The van der Waals surface area contributed by atoms with Crippen LogP contribution in [0.4, 0.5) is 16.2 Å². The monoisotopic (exact) mass is 379 g/mol. The molecule has 0 saturated heterocycles. The van der Waals surface area contributed by atoms with Gasteiger partial charge in [0.2, 0.25) is 0 Å². The lowest BCUT2D eigenvalue weighted by atomic mass is 9.92. The summed E-state index contributed by atoms with van der Waals surface area (Å²) in [5.41, 5.74) is 3.69. The molecule has 0 aromatic heterocycles. The summed E-state index contributed by atoms with van der Waals surface area (Å²) in [5, 5.41) is 5.83. The number of hydrogen-bond donors (Lipinski definition) is 2. The number of hydrogen-bond acceptors (Lipinski definition) is 3. The van der Waals surface area contributed by atoms with Gasteiger partial charge in [-0.2, -0.15) is 0 Å². The molecule has 0 atom stereocenters. The largest absolute Gasteiger partial charge is 0.481 e. The lowest BCUT2D eigenvalue weighted by Gasteiger charge is -2.28. The van der Waals surface area contributed by atoms with Crippen LogP contribution < -0.4 is 20.3 Å². The fraction of sp³-hybridized carbons (Fsp3) is 0.273. The van der Waals surface area contributed by atoms with Gasteiger partial charge >= 0.3 is 6.03 Å². The van der Waals surface area contributed by atoms with Crippen LogP contribution in [0.25, 0.3) is 5.57 Å². The molecule has 3 rings (SSSR count). The van der Waals surface area contributed by atoms with Crippen LogP contribution in [0.3, 0.4) is 0 Å². The van der Waals surface area contributed by atoms with E-state index in [9.17, 15) is 9.59 Å². The van der Waals surface area contributed by atoms with Crippen LogP contribution in [-0.4, -0.2) is 25.6 Å². The second kappa shape index (κ2) is 7.38. The maximum Gasteiger partial charge on any atom is 0.319 e. The number of nitrogens with one attached hydrogen (secondary N) is 2. The highest BCUT2D eigenvalue weighted by Crippen LogP contribution is 2.33. The van der Waals surface area contributed by atoms with Crippen molar-refractivity contribution < 1.29 is 14.3 Å². The number of carbonyl (C=O) groups excluding carboxylic acids is 2. The number of ether oxygens (including phenoxy) is 1. The second-order valence-corrected chi connectivity index (χ2v) is 7.49. The number of urea groups is 1. The fourth-order valence-electron chi connectivity index (χ4n) is 3.05. The van der Waals surface area contributed by atoms with Gasteiger partial charge in [-0.1, -0.05) is 30.4 Å². The van der Waals surface area contributed by atoms with Gasteiger partial charge < -0.3 is 20.3 Å². The second-order valence-electron chi connectivity index (χ2n) is 7.49. The lowest BCUT2D eigenvalue weighted by molar-refractivity contribution is -0.120. The zero-order valence-corrected chi connectivity index (χ0v) is 16.6. The zero-order valence-electron chi connectivity index (χ0n) is 16.6. The minimum absolute atomic E-state index is 0.00869. The van der Waals surface area contributed by atoms with E-state index in [2.05, 4.69) is 17.2 Å². The third-order valence-corrected chi connectivity index (χ3v) is 4.81. The summed E-state index contributed by atoms with van der Waals surface area (Å²) in [6.07, 6.45) is 0. The van der Waals surface area contributed by atoms with E-state index in [0.717, 1.165) is 16.7 Å². The van der Waals surface area contributed by atoms with E-state index in [0.29, 0.717) is 17.1 Å². The maximum atomic E-state index is 12.6. The molecule has 0 aliphatic carbocycles. The highest BCUT2D eigenvalue weighted by atomic mass is 16.5. The molecule has 28 heavy (non-hydrogen) atoms. The van der Waals surface area contributed by atoms with Gasteiger partial charge in [-0.05, 0) is 50.1 Å². The smallest absolute Gasteiger partial charge is 0.319 e. The predicted molar refractivity (Wildman–Crippen MR) is 112 cm³/mol. The van der Waals surface area contributed by atoms with Crippen molar-refractivity contribution in [2.45, 2.75) is 26.3 Å². The molecule has 0 spiro atoms. The van der Waals surface area contributed by atoms with Crippen molar-refractivity contribution in [3.63, 3.8) is 0 Å². The molecule has 1 aliphatic heterocycles. The van der Waals surface area contributed by atoms with Gasteiger partial charge in [0.25, 0.3) is 5.91 Å². The Morgan fingerprint density at radius 3 is 2.68 bits per heavy atom. The van der Waals surface area contributed by atoms with Crippen molar-refractivity contribution in [1.29, 1.82) is 0 Å². The number of allylic oxidation sites excluding steroid dienone is 1. The predicted octanol–water partition coefficient (Wildman–Crippen LogP) is 4.13. The normalized spacial score (nSPS) is 13.4. The highest BCUT2D eigenvalue weighted by Gasteiger charge is 2.25. The molecular formula is C22H25N3O3. The molecule has 6 nitrogen and oxygen atoms in total. The standard InChI is InChI=1S/C22H25N3O3/c1-14(2)15-7-6-8-16(11-15)22(3,4)24-21(27)23-17-9-10-18-19(12-17)28-13-20(26)25(18)5/h6-12H,1,13H2,2-5H3,(H2,23,24,27). The van der Waals surface area contributed by atoms with E-state index in [1.807, 2.05) is 45.0 Å². The Morgan fingerprint density at radius 1 is 1.21 bits per heavy atom. The average Bonchev–Trinajstić information content (AvgIpc) is 2.64. The number of anilines is 2. The van der Waals surface area contributed by atoms with E-state index < -0.39 is 5.54 Å². The first-order chi connectivity index (χ1) is 13.2. The summed E-state index contributed by atoms with van der Waals surface area (Å²) < 4.78 is 5.46. The lowest BCUT2D eigenvalue weighted by Crippen LogP contribution is -2.43. The topological polar surface area (TPSA) is 70.7 Å². The van der Waals surface area contributed by atoms with Crippen LogP contribution in [0, 0.1) is 0 Å². The summed E-state index contributed by atoms with van der Waals surface area (Å²) in [6, 6.07) is 12.8. The van der Waals surface area contributed by atoms with Crippen LogP contribution in [0.1, 0.15) is 31.9 Å². The Hall–Kier alpha value is -3.28. The van der Waals surface area contributed by atoms with E-state index >= 15 is 0 Å². The van der Waals surface area contributed by atoms with Gasteiger partial charge in [-0.25, -0.2) is 4.79 Å². The number of rotatable bonds is 4. The Balaban J connectivity index is 1.72. The Labute approximate surface area is 165 Å². The highest BCUT2D eigenvalue weighted by molar-refractivity contribution is 5.98. The first-order valence-electron chi connectivity index (χ1n) is 9.06. The Kier molecular flexibility index (Phi) is 5.14.